The smallest absolute Gasteiger partial charge is 0.293 e. The van der Waals surface area contributed by atoms with Crippen LogP contribution in [0.2, 0.25) is 0 Å². The van der Waals surface area contributed by atoms with Crippen molar-refractivity contribution in [1.82, 2.24) is 0 Å². The first kappa shape index (κ1) is 14.4. The maximum atomic E-state index is 11.3. The molecule has 0 bridgehead atoms. The lowest BCUT2D eigenvalue weighted by molar-refractivity contribution is -0.166. The zero-order valence-electron chi connectivity index (χ0n) is 10.7. The van der Waals surface area contributed by atoms with Gasteiger partial charge in [-0.3, -0.25) is 9.59 Å². The summed E-state index contributed by atoms with van der Waals surface area (Å²) in [5.74, 6) is 0. The van der Waals surface area contributed by atoms with Gasteiger partial charge in [0.15, 0.2) is 11.9 Å². The van der Waals surface area contributed by atoms with Crippen LogP contribution in [0.4, 0.5) is 0 Å². The van der Waals surface area contributed by atoms with Crippen LogP contribution < -0.4 is 0 Å². The van der Waals surface area contributed by atoms with E-state index in [2.05, 4.69) is 0 Å². The van der Waals surface area contributed by atoms with E-state index in [1.807, 2.05) is 37.3 Å². The van der Waals surface area contributed by atoms with Crippen LogP contribution in [-0.4, -0.2) is 24.5 Å². The Balaban J connectivity index is 2.73. The molecule has 0 aromatic heterocycles. The quantitative estimate of drug-likeness (QED) is 0.663. The predicted octanol–water partition coefficient (Wildman–Crippen LogP) is 2.11. The fourth-order valence-corrected chi connectivity index (χ4v) is 1.71. The molecular formula is C14H18O4. The van der Waals surface area contributed by atoms with E-state index in [1.54, 1.807) is 6.92 Å². The van der Waals surface area contributed by atoms with Gasteiger partial charge in [0.05, 0.1) is 6.61 Å². The van der Waals surface area contributed by atoms with E-state index < -0.39 is 11.7 Å². The van der Waals surface area contributed by atoms with Crippen molar-refractivity contribution in [2.45, 2.75) is 38.6 Å². The van der Waals surface area contributed by atoms with E-state index in [4.69, 9.17) is 9.47 Å². The van der Waals surface area contributed by atoms with Crippen molar-refractivity contribution < 1.29 is 19.1 Å². The highest BCUT2D eigenvalue weighted by Gasteiger charge is 2.37. The maximum Gasteiger partial charge on any atom is 0.293 e. The molecule has 0 aliphatic carbocycles. The van der Waals surface area contributed by atoms with E-state index in [1.165, 1.54) is 0 Å². The molecular weight excluding hydrogens is 232 g/mol. The topological polar surface area (TPSA) is 52.6 Å². The molecule has 0 amide bonds. The SMILES string of the molecule is CC[C@@](C=O)(OCc1ccccc1)[C@@H](C)OC=O. The summed E-state index contributed by atoms with van der Waals surface area (Å²) in [6, 6.07) is 9.54. The van der Waals surface area contributed by atoms with Crippen molar-refractivity contribution in [1.29, 1.82) is 0 Å². The Bertz CT molecular complexity index is 377. The van der Waals surface area contributed by atoms with E-state index in [0.717, 1.165) is 5.56 Å². The molecule has 0 aliphatic rings. The number of hydrogen-bond donors (Lipinski definition) is 0. The van der Waals surface area contributed by atoms with Crippen LogP contribution in [0.3, 0.4) is 0 Å². The highest BCUT2D eigenvalue weighted by atomic mass is 16.6. The van der Waals surface area contributed by atoms with Gasteiger partial charge in [-0.1, -0.05) is 37.3 Å². The van der Waals surface area contributed by atoms with Gasteiger partial charge in [-0.15, -0.1) is 0 Å². The van der Waals surface area contributed by atoms with Gasteiger partial charge in [0.1, 0.15) is 6.10 Å². The Morgan fingerprint density at radius 3 is 2.44 bits per heavy atom. The normalized spacial score (nSPS) is 15.4. The van der Waals surface area contributed by atoms with E-state index >= 15 is 0 Å². The van der Waals surface area contributed by atoms with Crippen LogP contribution >= 0.6 is 0 Å². The third-order valence-electron chi connectivity index (χ3n) is 3.05. The zero-order chi connectivity index (χ0) is 13.4. The molecule has 0 fully saturated rings. The highest BCUT2D eigenvalue weighted by Crippen LogP contribution is 2.22. The largest absolute Gasteiger partial charge is 0.461 e. The fraction of sp³-hybridized carbons (Fsp3) is 0.429. The minimum absolute atomic E-state index is 0.306. The third kappa shape index (κ3) is 3.40. The molecule has 1 rings (SSSR count). The molecule has 0 heterocycles. The van der Waals surface area contributed by atoms with Crippen molar-refractivity contribution in [2.75, 3.05) is 0 Å². The summed E-state index contributed by atoms with van der Waals surface area (Å²) in [4.78, 5) is 21.6. The fourth-order valence-electron chi connectivity index (χ4n) is 1.71. The number of carbonyl (C=O) groups is 2. The van der Waals surface area contributed by atoms with Crippen molar-refractivity contribution in [3.63, 3.8) is 0 Å². The summed E-state index contributed by atoms with van der Waals surface area (Å²) < 4.78 is 10.5. The molecule has 0 saturated carbocycles. The molecule has 0 aliphatic heterocycles. The van der Waals surface area contributed by atoms with E-state index in [9.17, 15) is 9.59 Å². The molecule has 0 N–H and O–H groups in total. The molecule has 2 atom stereocenters. The maximum absolute atomic E-state index is 11.3. The Kier molecular flexibility index (Phi) is 5.52. The first-order chi connectivity index (χ1) is 8.68. The number of aldehydes is 1. The molecule has 0 spiro atoms. The first-order valence-electron chi connectivity index (χ1n) is 5.92. The van der Waals surface area contributed by atoms with Crippen molar-refractivity contribution in [2.24, 2.45) is 0 Å². The third-order valence-corrected chi connectivity index (χ3v) is 3.05. The van der Waals surface area contributed by atoms with Gasteiger partial charge in [-0.05, 0) is 18.9 Å². The summed E-state index contributed by atoms with van der Waals surface area (Å²) in [5.41, 5.74) is -0.119. The summed E-state index contributed by atoms with van der Waals surface area (Å²) in [6.07, 6.45) is 0.545. The molecule has 18 heavy (non-hydrogen) atoms. The summed E-state index contributed by atoms with van der Waals surface area (Å²) >= 11 is 0. The summed E-state index contributed by atoms with van der Waals surface area (Å²) in [5, 5.41) is 0. The lowest BCUT2D eigenvalue weighted by atomic mass is 9.96. The predicted molar refractivity (Wildman–Crippen MR) is 66.9 cm³/mol. The number of carbonyl (C=O) groups excluding carboxylic acids is 2. The number of benzene rings is 1. The lowest BCUT2D eigenvalue weighted by Gasteiger charge is -2.31. The molecule has 0 saturated heterocycles. The number of hydrogen-bond acceptors (Lipinski definition) is 4. The van der Waals surface area contributed by atoms with Gasteiger partial charge in [0, 0.05) is 0 Å². The van der Waals surface area contributed by atoms with Crippen molar-refractivity contribution in [3.8, 4) is 0 Å². The monoisotopic (exact) mass is 250 g/mol. The summed E-state index contributed by atoms with van der Waals surface area (Å²) in [6.45, 7) is 4.12. The van der Waals surface area contributed by atoms with E-state index in [-0.39, 0.29) is 0 Å². The molecule has 1 aromatic carbocycles. The van der Waals surface area contributed by atoms with Crippen LogP contribution in [0.15, 0.2) is 30.3 Å². The van der Waals surface area contributed by atoms with E-state index in [0.29, 0.717) is 25.8 Å². The highest BCUT2D eigenvalue weighted by molar-refractivity contribution is 5.64. The standard InChI is InChI=1S/C14H18O4/c1-3-14(10-15,12(2)17-11-16)18-9-13-7-5-4-6-8-13/h4-8,10-12H,3,9H2,1-2H3/t12-,14+/m1/s1. The Morgan fingerprint density at radius 1 is 1.28 bits per heavy atom. The van der Waals surface area contributed by atoms with Gasteiger partial charge in [-0.2, -0.15) is 0 Å². The molecule has 0 unspecified atom stereocenters. The molecule has 98 valence electrons. The van der Waals surface area contributed by atoms with Crippen LogP contribution in [0.1, 0.15) is 25.8 Å². The van der Waals surface area contributed by atoms with Gasteiger partial charge >= 0.3 is 0 Å². The molecule has 0 radical (unpaired) electrons. The Hall–Kier alpha value is -1.68. The minimum Gasteiger partial charge on any atom is -0.461 e. The average Bonchev–Trinajstić information content (AvgIpc) is 2.42. The lowest BCUT2D eigenvalue weighted by Crippen LogP contribution is -2.45. The van der Waals surface area contributed by atoms with Crippen molar-refractivity contribution >= 4 is 12.8 Å². The van der Waals surface area contributed by atoms with Gasteiger partial charge in [0.2, 0.25) is 0 Å². The molecule has 4 nitrogen and oxygen atoms in total. The van der Waals surface area contributed by atoms with Crippen LogP contribution in [0, 0.1) is 0 Å². The van der Waals surface area contributed by atoms with Gasteiger partial charge in [0.25, 0.3) is 6.47 Å². The second-order valence-corrected chi connectivity index (χ2v) is 4.08. The van der Waals surface area contributed by atoms with Crippen molar-refractivity contribution in [3.05, 3.63) is 35.9 Å². The van der Waals surface area contributed by atoms with Crippen LogP contribution in [-0.2, 0) is 25.7 Å². The first-order valence-corrected chi connectivity index (χ1v) is 5.92. The minimum atomic E-state index is -1.09. The van der Waals surface area contributed by atoms with Crippen LogP contribution in [0.25, 0.3) is 0 Å². The average molecular weight is 250 g/mol. The summed E-state index contributed by atoms with van der Waals surface area (Å²) in [7, 11) is 0. The number of rotatable bonds is 8. The zero-order valence-corrected chi connectivity index (χ0v) is 10.7. The second-order valence-electron chi connectivity index (χ2n) is 4.08. The van der Waals surface area contributed by atoms with Gasteiger partial charge in [-0.25, -0.2) is 0 Å². The van der Waals surface area contributed by atoms with Crippen LogP contribution in [0.5, 0.6) is 0 Å². The second kappa shape index (κ2) is 6.91. The molecule has 1 aromatic rings. The Labute approximate surface area is 107 Å². The van der Waals surface area contributed by atoms with Gasteiger partial charge < -0.3 is 9.47 Å². The number of ether oxygens (including phenoxy) is 2. The Morgan fingerprint density at radius 2 is 1.94 bits per heavy atom. The molecule has 4 heteroatoms.